The molecule has 0 aromatic heterocycles. The van der Waals surface area contributed by atoms with Gasteiger partial charge in [0.05, 0.1) is 6.04 Å². The molecule has 1 nitrogen and oxygen atoms in total. The molecule has 0 amide bonds. The van der Waals surface area contributed by atoms with Crippen LogP contribution in [0.4, 0.5) is 0 Å². The summed E-state index contributed by atoms with van der Waals surface area (Å²) in [7, 11) is 0. The lowest BCUT2D eigenvalue weighted by Gasteiger charge is -2.15. The normalized spacial score (nSPS) is 15.3. The number of rotatable bonds is 3. The minimum Gasteiger partial charge on any atom is -0.320 e. The summed E-state index contributed by atoms with van der Waals surface area (Å²) in [5, 5.41) is 0. The third-order valence-corrected chi connectivity index (χ3v) is 4.20. The molecular formula is C18H21N. The summed E-state index contributed by atoms with van der Waals surface area (Å²) in [5.74, 6) is 0. The fourth-order valence-electron chi connectivity index (χ4n) is 2.98. The maximum Gasteiger partial charge on any atom is 0.0551 e. The predicted molar refractivity (Wildman–Crippen MR) is 80.3 cm³/mol. The van der Waals surface area contributed by atoms with Crippen LogP contribution >= 0.6 is 0 Å². The summed E-state index contributed by atoms with van der Waals surface area (Å²) < 4.78 is 0. The van der Waals surface area contributed by atoms with Crippen molar-refractivity contribution >= 4 is 0 Å². The topological polar surface area (TPSA) is 26.0 Å². The van der Waals surface area contributed by atoms with Crippen LogP contribution in [0.2, 0.25) is 0 Å². The van der Waals surface area contributed by atoms with Gasteiger partial charge in [0.25, 0.3) is 0 Å². The Labute approximate surface area is 115 Å². The highest BCUT2D eigenvalue weighted by atomic mass is 14.6. The van der Waals surface area contributed by atoms with Gasteiger partial charge in [-0.15, -0.1) is 0 Å². The van der Waals surface area contributed by atoms with Crippen LogP contribution in [-0.2, 0) is 19.3 Å². The summed E-state index contributed by atoms with van der Waals surface area (Å²) >= 11 is 0. The second-order valence-electron chi connectivity index (χ2n) is 5.46. The van der Waals surface area contributed by atoms with Crippen molar-refractivity contribution in [1.82, 2.24) is 0 Å². The van der Waals surface area contributed by atoms with E-state index >= 15 is 0 Å². The van der Waals surface area contributed by atoms with E-state index in [9.17, 15) is 0 Å². The molecule has 1 atom stereocenters. The molecule has 0 heterocycles. The molecule has 0 radical (unpaired) electrons. The van der Waals surface area contributed by atoms with Crippen molar-refractivity contribution in [1.29, 1.82) is 0 Å². The fraction of sp³-hybridized carbons (Fsp3) is 0.333. The van der Waals surface area contributed by atoms with Gasteiger partial charge in [-0.3, -0.25) is 0 Å². The first-order chi connectivity index (χ1) is 9.28. The van der Waals surface area contributed by atoms with Crippen molar-refractivity contribution in [2.45, 2.75) is 38.6 Å². The summed E-state index contributed by atoms with van der Waals surface area (Å²) in [6.45, 7) is 2.18. The molecule has 2 aromatic carbocycles. The van der Waals surface area contributed by atoms with Crippen LogP contribution in [0, 0.1) is 0 Å². The SMILES string of the molecule is CCc1cccc(C(N)c2ccc3c(c2)CCC3)c1. The van der Waals surface area contributed by atoms with Crippen LogP contribution in [0.25, 0.3) is 0 Å². The third-order valence-electron chi connectivity index (χ3n) is 4.20. The van der Waals surface area contributed by atoms with Gasteiger partial charge in [-0.2, -0.15) is 0 Å². The maximum absolute atomic E-state index is 6.43. The van der Waals surface area contributed by atoms with E-state index in [-0.39, 0.29) is 6.04 Å². The van der Waals surface area contributed by atoms with Gasteiger partial charge in [0, 0.05) is 0 Å². The van der Waals surface area contributed by atoms with Crippen LogP contribution in [0.1, 0.15) is 47.2 Å². The number of nitrogens with two attached hydrogens (primary N) is 1. The second-order valence-corrected chi connectivity index (χ2v) is 5.46. The maximum atomic E-state index is 6.43. The van der Waals surface area contributed by atoms with Crippen molar-refractivity contribution in [3.8, 4) is 0 Å². The monoisotopic (exact) mass is 251 g/mol. The van der Waals surface area contributed by atoms with E-state index in [1.54, 1.807) is 0 Å². The highest BCUT2D eigenvalue weighted by Gasteiger charge is 2.14. The zero-order chi connectivity index (χ0) is 13.2. The standard InChI is InChI=1S/C18H21N/c1-2-13-5-3-8-16(11-13)18(19)17-10-9-14-6-4-7-15(14)12-17/h3,5,8-12,18H,2,4,6-7,19H2,1H3. The predicted octanol–water partition coefficient (Wildman–Crippen LogP) is 3.79. The minimum atomic E-state index is -0.00241. The summed E-state index contributed by atoms with van der Waals surface area (Å²) in [6.07, 6.45) is 4.80. The Morgan fingerprint density at radius 3 is 2.63 bits per heavy atom. The largest absolute Gasteiger partial charge is 0.320 e. The van der Waals surface area contributed by atoms with Gasteiger partial charge in [-0.25, -0.2) is 0 Å². The Bertz CT molecular complexity index is 586. The van der Waals surface area contributed by atoms with Crippen LogP contribution in [0.3, 0.4) is 0 Å². The molecule has 2 aromatic rings. The van der Waals surface area contributed by atoms with E-state index in [0.29, 0.717) is 0 Å². The second kappa shape index (κ2) is 5.18. The molecule has 1 heteroatoms. The zero-order valence-corrected chi connectivity index (χ0v) is 11.5. The smallest absolute Gasteiger partial charge is 0.0551 e. The first kappa shape index (κ1) is 12.4. The highest BCUT2D eigenvalue weighted by molar-refractivity contribution is 5.40. The molecule has 19 heavy (non-hydrogen) atoms. The van der Waals surface area contributed by atoms with E-state index in [1.165, 1.54) is 47.1 Å². The molecule has 2 N–H and O–H groups in total. The van der Waals surface area contributed by atoms with Gasteiger partial charge < -0.3 is 5.73 Å². The van der Waals surface area contributed by atoms with E-state index in [0.717, 1.165) is 6.42 Å². The zero-order valence-electron chi connectivity index (χ0n) is 11.5. The quantitative estimate of drug-likeness (QED) is 0.882. The average Bonchev–Trinajstić information content (AvgIpc) is 2.94. The molecular weight excluding hydrogens is 230 g/mol. The number of hydrogen-bond donors (Lipinski definition) is 1. The number of hydrogen-bond acceptors (Lipinski definition) is 1. The first-order valence-electron chi connectivity index (χ1n) is 7.24. The Hall–Kier alpha value is -1.60. The van der Waals surface area contributed by atoms with Gasteiger partial charge >= 0.3 is 0 Å². The van der Waals surface area contributed by atoms with Gasteiger partial charge in [-0.05, 0) is 53.5 Å². The Kier molecular flexibility index (Phi) is 3.39. The molecule has 0 spiro atoms. The number of fused-ring (bicyclic) bond motifs is 1. The minimum absolute atomic E-state index is 0.00241. The van der Waals surface area contributed by atoms with Crippen LogP contribution in [-0.4, -0.2) is 0 Å². The molecule has 1 unspecified atom stereocenters. The Morgan fingerprint density at radius 1 is 1.00 bits per heavy atom. The van der Waals surface area contributed by atoms with Gasteiger partial charge in [0.2, 0.25) is 0 Å². The third kappa shape index (κ3) is 2.43. The average molecular weight is 251 g/mol. The van der Waals surface area contributed by atoms with Crippen LogP contribution in [0.5, 0.6) is 0 Å². The van der Waals surface area contributed by atoms with Crippen molar-refractivity contribution in [2.24, 2.45) is 5.73 Å². The molecule has 0 saturated heterocycles. The first-order valence-corrected chi connectivity index (χ1v) is 7.24. The lowest BCUT2D eigenvalue weighted by atomic mass is 9.95. The van der Waals surface area contributed by atoms with Crippen molar-refractivity contribution in [3.63, 3.8) is 0 Å². The lowest BCUT2D eigenvalue weighted by molar-refractivity contribution is 0.863. The fourth-order valence-corrected chi connectivity index (χ4v) is 2.98. The number of benzene rings is 2. The molecule has 0 bridgehead atoms. The van der Waals surface area contributed by atoms with Gasteiger partial charge in [0.1, 0.15) is 0 Å². The lowest BCUT2D eigenvalue weighted by Crippen LogP contribution is -2.12. The van der Waals surface area contributed by atoms with Crippen LogP contribution in [0.15, 0.2) is 42.5 Å². The molecule has 1 aliphatic rings. The molecule has 98 valence electrons. The Morgan fingerprint density at radius 2 is 1.79 bits per heavy atom. The van der Waals surface area contributed by atoms with E-state index < -0.39 is 0 Å². The van der Waals surface area contributed by atoms with Gasteiger partial charge in [0.15, 0.2) is 0 Å². The highest BCUT2D eigenvalue weighted by Crippen LogP contribution is 2.27. The van der Waals surface area contributed by atoms with E-state index in [4.69, 9.17) is 5.73 Å². The molecule has 3 rings (SSSR count). The molecule has 0 aliphatic heterocycles. The summed E-state index contributed by atoms with van der Waals surface area (Å²) in [4.78, 5) is 0. The Balaban J connectivity index is 1.92. The summed E-state index contributed by atoms with van der Waals surface area (Å²) in [5.41, 5.74) is 13.3. The molecule has 1 aliphatic carbocycles. The van der Waals surface area contributed by atoms with Crippen molar-refractivity contribution in [2.75, 3.05) is 0 Å². The number of aryl methyl sites for hydroxylation is 3. The van der Waals surface area contributed by atoms with Crippen molar-refractivity contribution < 1.29 is 0 Å². The summed E-state index contributed by atoms with van der Waals surface area (Å²) in [6, 6.07) is 15.4. The van der Waals surface area contributed by atoms with Gasteiger partial charge in [-0.1, -0.05) is 49.4 Å². The van der Waals surface area contributed by atoms with Crippen LogP contribution < -0.4 is 5.73 Å². The van der Waals surface area contributed by atoms with E-state index in [2.05, 4.69) is 49.4 Å². The van der Waals surface area contributed by atoms with E-state index in [1.807, 2.05) is 0 Å². The molecule has 0 fully saturated rings. The van der Waals surface area contributed by atoms with Crippen molar-refractivity contribution in [3.05, 3.63) is 70.3 Å². The molecule has 0 saturated carbocycles.